The van der Waals surface area contributed by atoms with E-state index in [-0.39, 0.29) is 0 Å². The summed E-state index contributed by atoms with van der Waals surface area (Å²) in [5.74, 6) is 1.88. The van der Waals surface area contributed by atoms with Crippen LogP contribution in [0.15, 0.2) is 18.3 Å². The van der Waals surface area contributed by atoms with Crippen molar-refractivity contribution >= 4 is 11.2 Å². The summed E-state index contributed by atoms with van der Waals surface area (Å²) < 4.78 is 7.77. The van der Waals surface area contributed by atoms with Gasteiger partial charge < -0.3 is 9.30 Å². The Hall–Kier alpha value is -1.42. The number of hydrogen-bond acceptors (Lipinski definition) is 3. The summed E-state index contributed by atoms with van der Waals surface area (Å²) in [7, 11) is 0. The van der Waals surface area contributed by atoms with Gasteiger partial charge in [-0.1, -0.05) is 6.92 Å². The second-order valence-electron chi connectivity index (χ2n) is 5.29. The van der Waals surface area contributed by atoms with Gasteiger partial charge in [-0.15, -0.1) is 0 Å². The maximum Gasteiger partial charge on any atom is 0.159 e. The zero-order chi connectivity index (χ0) is 13.1. The lowest BCUT2D eigenvalue weighted by atomic mass is 10.0. The van der Waals surface area contributed by atoms with Gasteiger partial charge in [-0.3, -0.25) is 0 Å². The molecule has 19 heavy (non-hydrogen) atoms. The van der Waals surface area contributed by atoms with Gasteiger partial charge in [-0.2, -0.15) is 0 Å². The fourth-order valence-electron chi connectivity index (χ4n) is 2.80. The zero-order valence-electron chi connectivity index (χ0n) is 11.5. The van der Waals surface area contributed by atoms with Crippen LogP contribution >= 0.6 is 0 Å². The van der Waals surface area contributed by atoms with Crippen molar-refractivity contribution in [3.63, 3.8) is 0 Å². The van der Waals surface area contributed by atoms with Gasteiger partial charge in [0.05, 0.1) is 0 Å². The van der Waals surface area contributed by atoms with Gasteiger partial charge in [-0.25, -0.2) is 9.97 Å². The molecule has 2 aromatic heterocycles. The first-order valence-electron chi connectivity index (χ1n) is 7.26. The lowest BCUT2D eigenvalue weighted by Crippen LogP contribution is -2.21. The normalized spacial score (nSPS) is 17.1. The summed E-state index contributed by atoms with van der Waals surface area (Å²) in [4.78, 5) is 9.26. The molecular formula is C15H21N3O. The highest BCUT2D eigenvalue weighted by molar-refractivity contribution is 5.71. The van der Waals surface area contributed by atoms with Crippen LogP contribution in [0.1, 0.15) is 32.0 Å². The number of nitrogens with zero attached hydrogens (tertiary/aromatic N) is 3. The Kier molecular flexibility index (Phi) is 3.78. The smallest absolute Gasteiger partial charge is 0.159 e. The molecule has 0 saturated carbocycles. The third kappa shape index (κ3) is 2.63. The second kappa shape index (κ2) is 5.70. The quantitative estimate of drug-likeness (QED) is 0.847. The lowest BCUT2D eigenvalue weighted by molar-refractivity contribution is 0.0613. The van der Waals surface area contributed by atoms with E-state index in [4.69, 9.17) is 9.72 Å². The van der Waals surface area contributed by atoms with Crippen molar-refractivity contribution in [2.24, 2.45) is 5.92 Å². The molecule has 1 aliphatic rings. The number of fused-ring (bicyclic) bond motifs is 1. The van der Waals surface area contributed by atoms with Crippen molar-refractivity contribution in [2.45, 2.75) is 39.2 Å². The minimum absolute atomic E-state index is 0.698. The first-order valence-corrected chi connectivity index (χ1v) is 7.26. The average Bonchev–Trinajstić information content (AvgIpc) is 2.79. The molecule has 4 nitrogen and oxygen atoms in total. The molecule has 3 heterocycles. The van der Waals surface area contributed by atoms with E-state index < -0.39 is 0 Å². The summed E-state index contributed by atoms with van der Waals surface area (Å²) in [5, 5.41) is 0. The van der Waals surface area contributed by atoms with Crippen LogP contribution in [-0.2, 0) is 17.7 Å². The largest absolute Gasteiger partial charge is 0.381 e. The Balaban J connectivity index is 1.92. The predicted molar refractivity (Wildman–Crippen MR) is 75.1 cm³/mol. The molecule has 0 amide bonds. The number of ether oxygens (including phenoxy) is 1. The van der Waals surface area contributed by atoms with Crippen LogP contribution in [-0.4, -0.2) is 27.7 Å². The Morgan fingerprint density at radius 1 is 1.37 bits per heavy atom. The Morgan fingerprint density at radius 2 is 2.21 bits per heavy atom. The van der Waals surface area contributed by atoms with E-state index >= 15 is 0 Å². The van der Waals surface area contributed by atoms with Crippen molar-refractivity contribution in [3.05, 3.63) is 24.2 Å². The predicted octanol–water partition coefficient (Wildman–Crippen LogP) is 2.81. The van der Waals surface area contributed by atoms with E-state index in [1.54, 1.807) is 0 Å². The molecule has 1 aliphatic heterocycles. The van der Waals surface area contributed by atoms with E-state index in [1.165, 1.54) is 5.82 Å². The molecule has 0 aliphatic carbocycles. The lowest BCUT2D eigenvalue weighted by Gasteiger charge is -2.23. The summed E-state index contributed by atoms with van der Waals surface area (Å²) in [6, 6.07) is 4.02. The maximum absolute atomic E-state index is 5.44. The van der Waals surface area contributed by atoms with E-state index in [0.29, 0.717) is 5.92 Å². The fourth-order valence-corrected chi connectivity index (χ4v) is 2.80. The van der Waals surface area contributed by atoms with Gasteiger partial charge in [0.2, 0.25) is 0 Å². The van der Waals surface area contributed by atoms with Crippen molar-refractivity contribution in [2.75, 3.05) is 13.2 Å². The Bertz CT molecular complexity index is 543. The first-order chi connectivity index (χ1) is 9.38. The van der Waals surface area contributed by atoms with Crippen LogP contribution in [0.5, 0.6) is 0 Å². The molecule has 2 aromatic rings. The molecule has 3 rings (SSSR count). The topological polar surface area (TPSA) is 39.9 Å². The van der Waals surface area contributed by atoms with Gasteiger partial charge in [0, 0.05) is 32.4 Å². The number of aromatic nitrogens is 3. The van der Waals surface area contributed by atoms with Crippen molar-refractivity contribution in [1.29, 1.82) is 0 Å². The zero-order valence-corrected chi connectivity index (χ0v) is 11.5. The fraction of sp³-hybridized carbons (Fsp3) is 0.600. The molecule has 1 fully saturated rings. The highest BCUT2D eigenvalue weighted by atomic mass is 16.5. The minimum Gasteiger partial charge on any atom is -0.381 e. The number of aryl methyl sites for hydroxylation is 1. The summed E-state index contributed by atoms with van der Waals surface area (Å²) in [6.07, 6.45) is 6.31. The molecule has 0 bridgehead atoms. The molecule has 0 radical (unpaired) electrons. The van der Waals surface area contributed by atoms with Gasteiger partial charge in [0.1, 0.15) is 11.3 Å². The summed E-state index contributed by atoms with van der Waals surface area (Å²) in [5.41, 5.74) is 2.07. The third-order valence-corrected chi connectivity index (χ3v) is 3.84. The molecule has 0 aromatic carbocycles. The molecule has 0 unspecified atom stereocenters. The number of imidazole rings is 1. The van der Waals surface area contributed by atoms with Gasteiger partial charge >= 0.3 is 0 Å². The third-order valence-electron chi connectivity index (χ3n) is 3.84. The minimum atomic E-state index is 0.698. The van der Waals surface area contributed by atoms with E-state index in [9.17, 15) is 0 Å². The number of pyridine rings is 1. The van der Waals surface area contributed by atoms with Crippen LogP contribution in [0, 0.1) is 5.92 Å². The van der Waals surface area contributed by atoms with Crippen molar-refractivity contribution < 1.29 is 4.74 Å². The highest BCUT2D eigenvalue weighted by Gasteiger charge is 2.18. The molecule has 102 valence electrons. The van der Waals surface area contributed by atoms with Crippen LogP contribution in [0.25, 0.3) is 11.2 Å². The number of hydrogen-bond donors (Lipinski definition) is 0. The second-order valence-corrected chi connectivity index (χ2v) is 5.29. The van der Waals surface area contributed by atoms with Gasteiger partial charge in [0.25, 0.3) is 0 Å². The maximum atomic E-state index is 5.44. The van der Waals surface area contributed by atoms with E-state index in [0.717, 1.165) is 56.6 Å². The monoisotopic (exact) mass is 259 g/mol. The Morgan fingerprint density at radius 3 is 3.00 bits per heavy atom. The Labute approximate surface area is 113 Å². The van der Waals surface area contributed by atoms with Crippen LogP contribution in [0.2, 0.25) is 0 Å². The summed E-state index contributed by atoms with van der Waals surface area (Å²) >= 11 is 0. The molecule has 0 N–H and O–H groups in total. The standard InChI is InChI=1S/C15H21N3O/c1-2-4-14-17-13-5-3-8-16-15(13)18(14)11-12-6-9-19-10-7-12/h3,5,8,12H,2,4,6-7,9-11H2,1H3. The molecule has 0 spiro atoms. The SMILES string of the molecule is CCCc1nc2cccnc2n1CC1CCOCC1. The summed E-state index contributed by atoms with van der Waals surface area (Å²) in [6.45, 7) is 5.03. The first kappa shape index (κ1) is 12.6. The van der Waals surface area contributed by atoms with Gasteiger partial charge in [-0.05, 0) is 37.3 Å². The van der Waals surface area contributed by atoms with Crippen molar-refractivity contribution in [3.8, 4) is 0 Å². The average molecular weight is 259 g/mol. The molecule has 0 atom stereocenters. The molecular weight excluding hydrogens is 238 g/mol. The van der Waals surface area contributed by atoms with E-state index in [1.807, 2.05) is 12.3 Å². The van der Waals surface area contributed by atoms with Crippen LogP contribution in [0.3, 0.4) is 0 Å². The molecule has 1 saturated heterocycles. The van der Waals surface area contributed by atoms with Gasteiger partial charge in [0.15, 0.2) is 5.65 Å². The van der Waals surface area contributed by atoms with Crippen LogP contribution in [0.4, 0.5) is 0 Å². The highest BCUT2D eigenvalue weighted by Crippen LogP contribution is 2.22. The van der Waals surface area contributed by atoms with Crippen LogP contribution < -0.4 is 0 Å². The van der Waals surface area contributed by atoms with E-state index in [2.05, 4.69) is 22.5 Å². The molecule has 4 heteroatoms. The number of rotatable bonds is 4. The van der Waals surface area contributed by atoms with Crippen molar-refractivity contribution in [1.82, 2.24) is 14.5 Å².